The quantitative estimate of drug-likeness (QED) is 0.802. The van der Waals surface area contributed by atoms with E-state index in [4.69, 9.17) is 16.9 Å². The third-order valence-electron chi connectivity index (χ3n) is 3.88. The van der Waals surface area contributed by atoms with Crippen LogP contribution in [0.15, 0.2) is 18.3 Å². The summed E-state index contributed by atoms with van der Waals surface area (Å²) < 4.78 is 0. The second-order valence-corrected chi connectivity index (χ2v) is 6.76. The Morgan fingerprint density at radius 1 is 1.54 bits per heavy atom. The molecule has 1 amide bonds. The van der Waals surface area contributed by atoms with Crippen LogP contribution in [-0.2, 0) is 4.79 Å². The molecule has 0 bridgehead atoms. The lowest BCUT2D eigenvalue weighted by Gasteiger charge is -2.28. The van der Waals surface area contributed by atoms with E-state index in [1.165, 1.54) is 0 Å². The van der Waals surface area contributed by atoms with Gasteiger partial charge in [-0.1, -0.05) is 11.6 Å². The zero-order chi connectivity index (χ0) is 16.9. The molecule has 1 aromatic rings. The Bertz CT molecular complexity index is 585. The van der Waals surface area contributed by atoms with Gasteiger partial charge in [0, 0.05) is 24.8 Å². The number of amides is 1. The first kappa shape index (κ1) is 20.5. The Hall–Kier alpha value is -1.55. The Kier molecular flexibility index (Phi) is 7.74. The van der Waals surface area contributed by atoms with E-state index < -0.39 is 0 Å². The third kappa shape index (κ3) is 5.82. The highest BCUT2D eigenvalue weighted by atomic mass is 35.5. The summed E-state index contributed by atoms with van der Waals surface area (Å²) in [5.41, 5.74) is -0.293. The molecule has 2 heterocycles. The van der Waals surface area contributed by atoms with Crippen LogP contribution >= 0.6 is 24.0 Å². The number of hydrogen-bond acceptors (Lipinski definition) is 5. The van der Waals surface area contributed by atoms with Crippen LogP contribution in [0.4, 0.5) is 5.82 Å². The number of anilines is 1. The summed E-state index contributed by atoms with van der Waals surface area (Å²) in [6, 6.07) is 5.50. The van der Waals surface area contributed by atoms with E-state index in [1.807, 2.05) is 19.9 Å². The number of carbonyl (C=O) groups excluding carboxylic acids is 1. The van der Waals surface area contributed by atoms with Crippen LogP contribution < -0.4 is 10.6 Å². The second kappa shape index (κ2) is 9.07. The van der Waals surface area contributed by atoms with E-state index in [2.05, 4.69) is 21.7 Å². The molecular formula is C16H23Cl2N5O. The lowest BCUT2D eigenvalue weighted by molar-refractivity contribution is -0.130. The van der Waals surface area contributed by atoms with Gasteiger partial charge in [0.15, 0.2) is 0 Å². The Labute approximate surface area is 154 Å². The number of nitrogens with zero attached hydrogens (tertiary/aromatic N) is 3. The maximum absolute atomic E-state index is 12.2. The number of nitrogens with one attached hydrogen (secondary N) is 2. The van der Waals surface area contributed by atoms with Crippen molar-refractivity contribution in [3.05, 3.63) is 23.4 Å². The predicted molar refractivity (Wildman–Crippen MR) is 97.4 cm³/mol. The van der Waals surface area contributed by atoms with Crippen molar-refractivity contribution < 1.29 is 4.79 Å². The standard InChI is InChI=1S/C16H22ClN5O.ClH/c1-16(2,11-20-14-6-5-12(17)9-19-14)21-10-15(23)22-7-3-4-13(22)8-18;/h5-6,9,13,21H,3-4,7,10-11H2,1-2H3,(H,19,20);1H/t13-;/m0./s1. The molecular weight excluding hydrogens is 349 g/mol. The topological polar surface area (TPSA) is 81.1 Å². The molecule has 0 saturated carbocycles. The molecule has 0 spiro atoms. The molecule has 6 nitrogen and oxygen atoms in total. The fraction of sp³-hybridized carbons (Fsp3) is 0.562. The molecule has 2 rings (SSSR count). The van der Waals surface area contributed by atoms with Crippen LogP contribution in [0.2, 0.25) is 5.02 Å². The molecule has 0 unspecified atom stereocenters. The monoisotopic (exact) mass is 371 g/mol. The van der Waals surface area contributed by atoms with Crippen molar-refractivity contribution in [1.29, 1.82) is 5.26 Å². The van der Waals surface area contributed by atoms with Gasteiger partial charge >= 0.3 is 0 Å². The van der Waals surface area contributed by atoms with Gasteiger partial charge in [0.05, 0.1) is 17.6 Å². The van der Waals surface area contributed by atoms with Crippen molar-refractivity contribution in [3.8, 4) is 6.07 Å². The normalized spacial score (nSPS) is 17.1. The molecule has 0 aliphatic carbocycles. The Morgan fingerprint density at radius 3 is 2.92 bits per heavy atom. The van der Waals surface area contributed by atoms with Gasteiger partial charge in [-0.15, -0.1) is 12.4 Å². The number of likely N-dealkylation sites (tertiary alicyclic amines) is 1. The molecule has 1 atom stereocenters. The van der Waals surface area contributed by atoms with Crippen molar-refractivity contribution in [1.82, 2.24) is 15.2 Å². The van der Waals surface area contributed by atoms with Gasteiger partial charge in [0.1, 0.15) is 11.9 Å². The Balaban J connectivity index is 0.00000288. The zero-order valence-electron chi connectivity index (χ0n) is 13.9. The average Bonchev–Trinajstić information content (AvgIpc) is 3.01. The van der Waals surface area contributed by atoms with Crippen molar-refractivity contribution in [3.63, 3.8) is 0 Å². The Morgan fingerprint density at radius 2 is 2.29 bits per heavy atom. The number of hydrogen-bond donors (Lipinski definition) is 2. The van der Waals surface area contributed by atoms with E-state index >= 15 is 0 Å². The molecule has 1 aliphatic heterocycles. The number of aromatic nitrogens is 1. The number of carbonyl (C=O) groups is 1. The summed E-state index contributed by atoms with van der Waals surface area (Å²) in [6.45, 7) is 5.52. The summed E-state index contributed by atoms with van der Waals surface area (Å²) in [5.74, 6) is 0.714. The summed E-state index contributed by atoms with van der Waals surface area (Å²) in [4.78, 5) is 18.1. The number of pyridine rings is 1. The molecule has 0 aromatic carbocycles. The van der Waals surface area contributed by atoms with Gasteiger partial charge in [-0.2, -0.15) is 5.26 Å². The molecule has 1 aliphatic rings. The minimum absolute atomic E-state index is 0. The first-order chi connectivity index (χ1) is 10.9. The van der Waals surface area contributed by atoms with Crippen LogP contribution in [-0.4, -0.2) is 47.0 Å². The van der Waals surface area contributed by atoms with Crippen molar-refractivity contribution in [2.75, 3.05) is 25.0 Å². The molecule has 2 N–H and O–H groups in total. The van der Waals surface area contributed by atoms with Crippen LogP contribution in [0, 0.1) is 11.3 Å². The maximum Gasteiger partial charge on any atom is 0.237 e. The van der Waals surface area contributed by atoms with E-state index in [0.717, 1.165) is 18.7 Å². The summed E-state index contributed by atoms with van der Waals surface area (Å²) in [7, 11) is 0. The molecule has 132 valence electrons. The fourth-order valence-electron chi connectivity index (χ4n) is 2.47. The van der Waals surface area contributed by atoms with Gasteiger partial charge in [-0.05, 0) is 38.8 Å². The lowest BCUT2D eigenvalue weighted by atomic mass is 10.1. The minimum atomic E-state index is -0.293. The van der Waals surface area contributed by atoms with Crippen LogP contribution in [0.3, 0.4) is 0 Å². The number of halogens is 2. The summed E-state index contributed by atoms with van der Waals surface area (Å²) in [5, 5.41) is 16.1. The van der Waals surface area contributed by atoms with Gasteiger partial charge in [0.25, 0.3) is 0 Å². The van der Waals surface area contributed by atoms with Gasteiger partial charge in [0.2, 0.25) is 5.91 Å². The predicted octanol–water partition coefficient (Wildman–Crippen LogP) is 2.45. The van der Waals surface area contributed by atoms with Gasteiger partial charge in [-0.3, -0.25) is 4.79 Å². The summed E-state index contributed by atoms with van der Waals surface area (Å²) >= 11 is 5.80. The number of nitriles is 1. The van der Waals surface area contributed by atoms with Gasteiger partial charge in [-0.25, -0.2) is 4.98 Å². The van der Waals surface area contributed by atoms with Crippen molar-refractivity contribution >= 4 is 35.7 Å². The lowest BCUT2D eigenvalue weighted by Crippen LogP contribution is -2.50. The highest BCUT2D eigenvalue weighted by molar-refractivity contribution is 6.30. The molecule has 1 fully saturated rings. The first-order valence-electron chi connectivity index (χ1n) is 7.71. The fourth-order valence-corrected chi connectivity index (χ4v) is 2.58. The highest BCUT2D eigenvalue weighted by Gasteiger charge is 2.29. The second-order valence-electron chi connectivity index (χ2n) is 6.33. The van der Waals surface area contributed by atoms with E-state index in [-0.39, 0.29) is 36.4 Å². The van der Waals surface area contributed by atoms with E-state index in [9.17, 15) is 4.79 Å². The maximum atomic E-state index is 12.2. The largest absolute Gasteiger partial charge is 0.368 e. The smallest absolute Gasteiger partial charge is 0.237 e. The minimum Gasteiger partial charge on any atom is -0.368 e. The average molecular weight is 372 g/mol. The van der Waals surface area contributed by atoms with Crippen LogP contribution in [0.1, 0.15) is 26.7 Å². The molecule has 24 heavy (non-hydrogen) atoms. The molecule has 0 radical (unpaired) electrons. The van der Waals surface area contributed by atoms with E-state index in [1.54, 1.807) is 17.2 Å². The first-order valence-corrected chi connectivity index (χ1v) is 8.09. The van der Waals surface area contributed by atoms with Gasteiger partial charge < -0.3 is 15.5 Å². The SMILES string of the molecule is CC(C)(CNc1ccc(Cl)cn1)NCC(=O)N1CCC[C@H]1C#N.Cl. The van der Waals surface area contributed by atoms with Crippen LogP contribution in [0.5, 0.6) is 0 Å². The third-order valence-corrected chi connectivity index (χ3v) is 4.10. The molecule has 8 heteroatoms. The van der Waals surface area contributed by atoms with E-state index in [0.29, 0.717) is 18.1 Å². The molecule has 1 saturated heterocycles. The zero-order valence-corrected chi connectivity index (χ0v) is 15.5. The van der Waals surface area contributed by atoms with Crippen molar-refractivity contribution in [2.24, 2.45) is 0 Å². The highest BCUT2D eigenvalue weighted by Crippen LogP contribution is 2.16. The van der Waals surface area contributed by atoms with Crippen molar-refractivity contribution in [2.45, 2.75) is 38.3 Å². The molecule has 1 aromatic heterocycles. The number of rotatable bonds is 6. The summed E-state index contributed by atoms with van der Waals surface area (Å²) in [6.07, 6.45) is 3.26. The van der Waals surface area contributed by atoms with Crippen LogP contribution in [0.25, 0.3) is 0 Å².